The highest BCUT2D eigenvalue weighted by molar-refractivity contribution is 7.18. The molecule has 1 amide bonds. The Morgan fingerprint density at radius 3 is 2.80 bits per heavy atom. The van der Waals surface area contributed by atoms with Crippen molar-refractivity contribution >= 4 is 28.2 Å². The van der Waals surface area contributed by atoms with E-state index >= 15 is 0 Å². The number of rotatable bonds is 2. The first kappa shape index (κ1) is 13.6. The van der Waals surface area contributed by atoms with Gasteiger partial charge in [-0.2, -0.15) is 0 Å². The Morgan fingerprint density at radius 2 is 2.15 bits per heavy atom. The average Bonchev–Trinajstić information content (AvgIpc) is 3.05. The van der Waals surface area contributed by atoms with E-state index in [2.05, 4.69) is 16.8 Å². The summed E-state index contributed by atoms with van der Waals surface area (Å²) in [5, 5.41) is 0.835. The van der Waals surface area contributed by atoms with Crippen LogP contribution in [0, 0.1) is 5.92 Å². The van der Waals surface area contributed by atoms with E-state index in [1.165, 1.54) is 11.3 Å². The molecule has 1 aromatic rings. The van der Waals surface area contributed by atoms with Gasteiger partial charge in [-0.15, -0.1) is 0 Å². The maximum atomic E-state index is 12.5. The summed E-state index contributed by atoms with van der Waals surface area (Å²) in [4.78, 5) is 21.5. The Hall–Kier alpha value is -1.34. The SMILES string of the molecule is CC1CCN(C(=O)c2sc(N3CCOCC3)nc2N)C1. The van der Waals surface area contributed by atoms with Crippen LogP contribution in [-0.4, -0.2) is 55.2 Å². The zero-order valence-corrected chi connectivity index (χ0v) is 12.5. The number of ether oxygens (including phenoxy) is 1. The highest BCUT2D eigenvalue weighted by Gasteiger charge is 2.28. The number of carbonyl (C=O) groups excluding carboxylic acids is 1. The van der Waals surface area contributed by atoms with Crippen molar-refractivity contribution in [3.05, 3.63) is 4.88 Å². The number of likely N-dealkylation sites (tertiary alicyclic amines) is 1. The standard InChI is InChI=1S/C13H20N4O2S/c1-9-2-3-17(8-9)12(18)10-11(14)15-13(20-10)16-4-6-19-7-5-16/h9H,2-8,14H2,1H3. The number of nitrogens with two attached hydrogens (primary N) is 1. The van der Waals surface area contributed by atoms with E-state index < -0.39 is 0 Å². The van der Waals surface area contributed by atoms with Gasteiger partial charge in [0.2, 0.25) is 0 Å². The van der Waals surface area contributed by atoms with Crippen molar-refractivity contribution in [1.82, 2.24) is 9.88 Å². The molecule has 1 atom stereocenters. The Bertz CT molecular complexity index is 499. The van der Waals surface area contributed by atoms with Crippen LogP contribution in [0.2, 0.25) is 0 Å². The van der Waals surface area contributed by atoms with E-state index in [0.29, 0.717) is 29.8 Å². The fourth-order valence-corrected chi connectivity index (χ4v) is 3.63. The Balaban J connectivity index is 1.76. The molecule has 0 aliphatic carbocycles. The highest BCUT2D eigenvalue weighted by atomic mass is 32.1. The van der Waals surface area contributed by atoms with Crippen molar-refractivity contribution in [3.8, 4) is 0 Å². The molecule has 6 nitrogen and oxygen atoms in total. The number of nitrogens with zero attached hydrogens (tertiary/aromatic N) is 3. The van der Waals surface area contributed by atoms with Gasteiger partial charge in [-0.3, -0.25) is 4.79 Å². The number of nitrogen functional groups attached to an aromatic ring is 1. The number of carbonyl (C=O) groups is 1. The van der Waals surface area contributed by atoms with Gasteiger partial charge in [-0.1, -0.05) is 18.3 Å². The number of thiazole rings is 1. The van der Waals surface area contributed by atoms with Crippen LogP contribution in [0.5, 0.6) is 0 Å². The van der Waals surface area contributed by atoms with Gasteiger partial charge >= 0.3 is 0 Å². The van der Waals surface area contributed by atoms with Crippen LogP contribution in [0.15, 0.2) is 0 Å². The van der Waals surface area contributed by atoms with Gasteiger partial charge in [0.25, 0.3) is 5.91 Å². The zero-order chi connectivity index (χ0) is 14.1. The van der Waals surface area contributed by atoms with Crippen LogP contribution in [0.25, 0.3) is 0 Å². The Labute approximate surface area is 122 Å². The molecule has 3 rings (SSSR count). The molecule has 110 valence electrons. The molecule has 2 N–H and O–H groups in total. The van der Waals surface area contributed by atoms with Crippen LogP contribution in [0.4, 0.5) is 10.9 Å². The van der Waals surface area contributed by atoms with E-state index in [4.69, 9.17) is 10.5 Å². The molecule has 0 radical (unpaired) electrons. The molecule has 0 saturated carbocycles. The molecule has 0 aromatic carbocycles. The van der Waals surface area contributed by atoms with Gasteiger partial charge in [-0.25, -0.2) is 4.98 Å². The van der Waals surface area contributed by atoms with Gasteiger partial charge in [0, 0.05) is 26.2 Å². The molecule has 2 fully saturated rings. The summed E-state index contributed by atoms with van der Waals surface area (Å²) in [6.07, 6.45) is 1.07. The van der Waals surface area contributed by atoms with Crippen LogP contribution >= 0.6 is 11.3 Å². The quantitative estimate of drug-likeness (QED) is 0.883. The third-order valence-corrected chi connectivity index (χ3v) is 4.95. The summed E-state index contributed by atoms with van der Waals surface area (Å²) in [6.45, 7) is 6.83. The summed E-state index contributed by atoms with van der Waals surface area (Å²) < 4.78 is 5.33. The minimum absolute atomic E-state index is 0.0314. The number of hydrogen-bond donors (Lipinski definition) is 1. The van der Waals surface area contributed by atoms with Crippen LogP contribution in [0.1, 0.15) is 23.0 Å². The van der Waals surface area contributed by atoms with E-state index in [-0.39, 0.29) is 5.91 Å². The normalized spacial score (nSPS) is 23.4. The molecule has 0 spiro atoms. The summed E-state index contributed by atoms with van der Waals surface area (Å²) >= 11 is 1.41. The number of anilines is 2. The van der Waals surface area contributed by atoms with Gasteiger partial charge in [0.1, 0.15) is 10.7 Å². The molecule has 0 bridgehead atoms. The smallest absolute Gasteiger partial charge is 0.267 e. The first-order valence-corrected chi connectivity index (χ1v) is 7.85. The Kier molecular flexibility index (Phi) is 3.80. The van der Waals surface area contributed by atoms with E-state index in [1.54, 1.807) is 0 Å². The van der Waals surface area contributed by atoms with E-state index in [1.807, 2.05) is 4.90 Å². The maximum absolute atomic E-state index is 12.5. The first-order chi connectivity index (χ1) is 9.65. The van der Waals surface area contributed by atoms with Gasteiger partial charge < -0.3 is 20.3 Å². The highest BCUT2D eigenvalue weighted by Crippen LogP contribution is 2.31. The van der Waals surface area contributed by atoms with Crippen LogP contribution in [0.3, 0.4) is 0 Å². The Morgan fingerprint density at radius 1 is 1.40 bits per heavy atom. The van der Waals surface area contributed by atoms with Gasteiger partial charge in [0.15, 0.2) is 5.13 Å². The monoisotopic (exact) mass is 296 g/mol. The lowest BCUT2D eigenvalue weighted by Gasteiger charge is -2.25. The zero-order valence-electron chi connectivity index (χ0n) is 11.7. The average molecular weight is 296 g/mol. The number of amides is 1. The summed E-state index contributed by atoms with van der Waals surface area (Å²) in [5.74, 6) is 0.969. The maximum Gasteiger partial charge on any atom is 0.267 e. The third kappa shape index (κ3) is 2.60. The molecule has 1 unspecified atom stereocenters. The van der Waals surface area contributed by atoms with Crippen molar-refractivity contribution in [2.24, 2.45) is 5.92 Å². The number of morpholine rings is 1. The molecule has 7 heteroatoms. The van der Waals surface area contributed by atoms with Crippen LogP contribution < -0.4 is 10.6 Å². The summed E-state index contributed by atoms with van der Waals surface area (Å²) in [7, 11) is 0. The lowest BCUT2D eigenvalue weighted by atomic mass is 10.2. The second-order valence-corrected chi connectivity index (χ2v) is 6.43. The minimum Gasteiger partial charge on any atom is -0.382 e. The molecule has 1 aromatic heterocycles. The van der Waals surface area contributed by atoms with Crippen molar-refractivity contribution in [1.29, 1.82) is 0 Å². The largest absolute Gasteiger partial charge is 0.382 e. The molecule has 2 saturated heterocycles. The predicted molar refractivity (Wildman–Crippen MR) is 79.2 cm³/mol. The molecule has 3 heterocycles. The fourth-order valence-electron chi connectivity index (χ4n) is 2.63. The second-order valence-electron chi connectivity index (χ2n) is 5.46. The van der Waals surface area contributed by atoms with Gasteiger partial charge in [0.05, 0.1) is 13.2 Å². The third-order valence-electron chi connectivity index (χ3n) is 3.83. The molecule has 20 heavy (non-hydrogen) atoms. The molecular weight excluding hydrogens is 276 g/mol. The van der Waals surface area contributed by atoms with E-state index in [9.17, 15) is 4.79 Å². The van der Waals surface area contributed by atoms with Crippen molar-refractivity contribution in [2.45, 2.75) is 13.3 Å². The topological polar surface area (TPSA) is 71.7 Å². The lowest BCUT2D eigenvalue weighted by molar-refractivity contribution is 0.0793. The fraction of sp³-hybridized carbons (Fsp3) is 0.692. The van der Waals surface area contributed by atoms with Crippen molar-refractivity contribution in [3.63, 3.8) is 0 Å². The molecular formula is C13H20N4O2S. The van der Waals surface area contributed by atoms with Crippen molar-refractivity contribution < 1.29 is 9.53 Å². The summed E-state index contributed by atoms with van der Waals surface area (Å²) in [5.41, 5.74) is 5.95. The first-order valence-electron chi connectivity index (χ1n) is 7.03. The summed E-state index contributed by atoms with van der Waals surface area (Å²) in [6, 6.07) is 0. The number of aromatic nitrogens is 1. The minimum atomic E-state index is 0.0314. The lowest BCUT2D eigenvalue weighted by Crippen LogP contribution is -2.36. The van der Waals surface area contributed by atoms with Crippen LogP contribution in [-0.2, 0) is 4.74 Å². The van der Waals surface area contributed by atoms with Crippen molar-refractivity contribution in [2.75, 3.05) is 50.0 Å². The molecule has 2 aliphatic rings. The second kappa shape index (κ2) is 5.57. The number of hydrogen-bond acceptors (Lipinski definition) is 6. The molecule has 2 aliphatic heterocycles. The van der Waals surface area contributed by atoms with Gasteiger partial charge in [-0.05, 0) is 12.3 Å². The van der Waals surface area contributed by atoms with E-state index in [0.717, 1.165) is 37.7 Å². The predicted octanol–water partition coefficient (Wildman–Crippen LogP) is 1.04.